The van der Waals surface area contributed by atoms with Gasteiger partial charge in [-0.05, 0) is 38.5 Å². The Balaban J connectivity index is 2.72. The normalized spacial score (nSPS) is 11.2. The number of nitrogens with zero attached hydrogens (tertiary/aromatic N) is 1. The molecule has 0 heterocycles. The molecule has 1 aromatic rings. The van der Waals surface area contributed by atoms with Gasteiger partial charge in [-0.25, -0.2) is 4.39 Å². The molecule has 0 aliphatic heterocycles. The summed E-state index contributed by atoms with van der Waals surface area (Å²) in [4.78, 5) is 0. The van der Waals surface area contributed by atoms with Crippen LogP contribution < -0.4 is 5.32 Å². The van der Waals surface area contributed by atoms with Gasteiger partial charge in [0.15, 0.2) is 0 Å². The van der Waals surface area contributed by atoms with Crippen molar-refractivity contribution in [3.63, 3.8) is 0 Å². The van der Waals surface area contributed by atoms with Crippen molar-refractivity contribution in [1.82, 2.24) is 5.32 Å². The lowest BCUT2D eigenvalue weighted by atomic mass is 10.0. The van der Waals surface area contributed by atoms with Crippen molar-refractivity contribution in [2.24, 2.45) is 0 Å². The summed E-state index contributed by atoms with van der Waals surface area (Å²) in [5.41, 5.74) is 0.655. The van der Waals surface area contributed by atoms with E-state index in [4.69, 9.17) is 10.4 Å². The minimum Gasteiger partial charge on any atom is -0.396 e. The Morgan fingerprint density at radius 2 is 2.18 bits per heavy atom. The van der Waals surface area contributed by atoms with Crippen LogP contribution in [0.4, 0.5) is 4.39 Å². The van der Waals surface area contributed by atoms with Crippen molar-refractivity contribution in [2.75, 3.05) is 6.61 Å². The number of benzene rings is 1. The zero-order chi connectivity index (χ0) is 12.9. The molecule has 1 rings (SSSR count). The van der Waals surface area contributed by atoms with Gasteiger partial charge in [0.2, 0.25) is 0 Å². The lowest BCUT2D eigenvalue weighted by Gasteiger charge is -2.25. The van der Waals surface area contributed by atoms with Gasteiger partial charge in [-0.15, -0.1) is 0 Å². The molecule has 0 fully saturated rings. The topological polar surface area (TPSA) is 56.0 Å². The third-order valence-electron chi connectivity index (χ3n) is 2.67. The van der Waals surface area contributed by atoms with Gasteiger partial charge in [0.1, 0.15) is 5.82 Å². The summed E-state index contributed by atoms with van der Waals surface area (Å²) in [7, 11) is 0. The Morgan fingerprint density at radius 1 is 1.47 bits per heavy atom. The summed E-state index contributed by atoms with van der Waals surface area (Å²) in [5.74, 6) is -0.323. The van der Waals surface area contributed by atoms with Crippen LogP contribution in [0, 0.1) is 17.1 Å². The Bertz CT molecular complexity index is 424. The fourth-order valence-corrected chi connectivity index (χ4v) is 1.48. The third kappa shape index (κ3) is 4.14. The van der Waals surface area contributed by atoms with E-state index in [2.05, 4.69) is 5.32 Å². The van der Waals surface area contributed by atoms with Crippen LogP contribution in [0.1, 0.15) is 31.4 Å². The Labute approximate surface area is 101 Å². The number of nitriles is 1. The van der Waals surface area contributed by atoms with E-state index in [0.29, 0.717) is 24.1 Å². The maximum Gasteiger partial charge on any atom is 0.127 e. The second-order valence-corrected chi connectivity index (χ2v) is 4.63. The third-order valence-corrected chi connectivity index (χ3v) is 2.67. The van der Waals surface area contributed by atoms with Crippen LogP contribution in [-0.4, -0.2) is 17.3 Å². The van der Waals surface area contributed by atoms with Crippen LogP contribution in [0.3, 0.4) is 0 Å². The number of aliphatic hydroxyl groups is 1. The predicted octanol–water partition coefficient (Wildman–Crippen LogP) is 1.95. The van der Waals surface area contributed by atoms with Crippen LogP contribution in [0.5, 0.6) is 0 Å². The van der Waals surface area contributed by atoms with Gasteiger partial charge < -0.3 is 10.4 Å². The molecule has 0 aromatic heterocycles. The molecule has 3 nitrogen and oxygen atoms in total. The van der Waals surface area contributed by atoms with Crippen LogP contribution >= 0.6 is 0 Å². The molecule has 0 aliphatic rings. The quantitative estimate of drug-likeness (QED) is 0.821. The lowest BCUT2D eigenvalue weighted by Crippen LogP contribution is -2.39. The van der Waals surface area contributed by atoms with Crippen molar-refractivity contribution in [3.05, 3.63) is 35.1 Å². The Morgan fingerprint density at radius 3 is 2.76 bits per heavy atom. The Kier molecular flexibility index (Phi) is 4.62. The maximum absolute atomic E-state index is 13.5. The van der Waals surface area contributed by atoms with Gasteiger partial charge >= 0.3 is 0 Å². The lowest BCUT2D eigenvalue weighted by molar-refractivity contribution is 0.229. The predicted molar refractivity (Wildman–Crippen MR) is 63.7 cm³/mol. The first-order chi connectivity index (χ1) is 7.98. The van der Waals surface area contributed by atoms with Gasteiger partial charge in [-0.2, -0.15) is 5.26 Å². The smallest absolute Gasteiger partial charge is 0.127 e. The standard InChI is InChI=1S/C13H17FN2O/c1-13(2,5-6-17)16-9-11-7-10(8-15)3-4-12(11)14/h3-4,7,16-17H,5-6,9H2,1-2H3. The van der Waals surface area contributed by atoms with Crippen LogP contribution in [-0.2, 0) is 6.54 Å². The average Bonchev–Trinajstić information content (AvgIpc) is 2.28. The number of hydrogen-bond acceptors (Lipinski definition) is 3. The van der Waals surface area contributed by atoms with Gasteiger partial charge in [-0.1, -0.05) is 0 Å². The van der Waals surface area contributed by atoms with Crippen LogP contribution in [0.15, 0.2) is 18.2 Å². The monoisotopic (exact) mass is 236 g/mol. The molecule has 92 valence electrons. The summed E-state index contributed by atoms with van der Waals surface area (Å²) < 4.78 is 13.5. The van der Waals surface area contributed by atoms with Crippen molar-refractivity contribution in [2.45, 2.75) is 32.4 Å². The molecule has 0 saturated carbocycles. The zero-order valence-corrected chi connectivity index (χ0v) is 10.1. The number of nitrogens with one attached hydrogen (secondary N) is 1. The largest absolute Gasteiger partial charge is 0.396 e. The summed E-state index contributed by atoms with van der Waals surface area (Å²) in [6.07, 6.45) is 0.590. The van der Waals surface area contributed by atoms with E-state index in [1.165, 1.54) is 18.2 Å². The Hall–Kier alpha value is -1.44. The fraction of sp³-hybridized carbons (Fsp3) is 0.462. The highest BCUT2D eigenvalue weighted by Crippen LogP contribution is 2.13. The highest BCUT2D eigenvalue weighted by atomic mass is 19.1. The molecule has 0 atom stereocenters. The summed E-state index contributed by atoms with van der Waals surface area (Å²) in [6.45, 7) is 4.31. The minimum absolute atomic E-state index is 0.0840. The van der Waals surface area contributed by atoms with Gasteiger partial charge in [0, 0.05) is 24.3 Å². The molecule has 0 bridgehead atoms. The minimum atomic E-state index is -0.323. The fourth-order valence-electron chi connectivity index (χ4n) is 1.48. The van der Waals surface area contributed by atoms with Crippen LogP contribution in [0.25, 0.3) is 0 Å². The van der Waals surface area contributed by atoms with Gasteiger partial charge in [-0.3, -0.25) is 0 Å². The van der Waals surface area contributed by atoms with Crippen molar-refractivity contribution >= 4 is 0 Å². The van der Waals surface area contributed by atoms with E-state index >= 15 is 0 Å². The molecule has 0 spiro atoms. The number of rotatable bonds is 5. The van der Waals surface area contributed by atoms with E-state index in [9.17, 15) is 4.39 Å². The molecule has 17 heavy (non-hydrogen) atoms. The highest BCUT2D eigenvalue weighted by molar-refractivity contribution is 5.33. The highest BCUT2D eigenvalue weighted by Gasteiger charge is 2.16. The molecule has 0 amide bonds. The van der Waals surface area contributed by atoms with Gasteiger partial charge in [0.25, 0.3) is 0 Å². The molecule has 2 N–H and O–H groups in total. The molecule has 4 heteroatoms. The SMILES string of the molecule is CC(C)(CCO)NCc1cc(C#N)ccc1F. The van der Waals surface area contributed by atoms with Crippen molar-refractivity contribution in [1.29, 1.82) is 5.26 Å². The molecular formula is C13H17FN2O. The molecule has 0 radical (unpaired) electrons. The average molecular weight is 236 g/mol. The van der Waals surface area contributed by atoms with E-state index in [0.717, 1.165) is 0 Å². The van der Waals surface area contributed by atoms with Gasteiger partial charge in [0.05, 0.1) is 11.6 Å². The summed E-state index contributed by atoms with van der Waals surface area (Å²) in [6, 6.07) is 6.28. The molecular weight excluding hydrogens is 219 g/mol. The second kappa shape index (κ2) is 5.76. The molecule has 0 unspecified atom stereocenters. The van der Waals surface area contributed by atoms with E-state index in [1.54, 1.807) is 0 Å². The first-order valence-corrected chi connectivity index (χ1v) is 5.53. The number of aliphatic hydroxyl groups excluding tert-OH is 1. The molecule has 0 saturated heterocycles. The summed E-state index contributed by atoms with van der Waals surface area (Å²) >= 11 is 0. The van der Waals surface area contributed by atoms with E-state index in [1.807, 2.05) is 19.9 Å². The summed E-state index contributed by atoms with van der Waals surface area (Å²) in [5, 5.41) is 20.8. The van der Waals surface area contributed by atoms with E-state index in [-0.39, 0.29) is 18.0 Å². The first-order valence-electron chi connectivity index (χ1n) is 5.53. The maximum atomic E-state index is 13.5. The molecule has 1 aromatic carbocycles. The van der Waals surface area contributed by atoms with Crippen molar-refractivity contribution < 1.29 is 9.50 Å². The number of halogens is 1. The first kappa shape index (κ1) is 13.6. The molecule has 0 aliphatic carbocycles. The second-order valence-electron chi connectivity index (χ2n) is 4.63. The van der Waals surface area contributed by atoms with E-state index < -0.39 is 0 Å². The van der Waals surface area contributed by atoms with Crippen molar-refractivity contribution in [3.8, 4) is 6.07 Å². The van der Waals surface area contributed by atoms with Crippen LogP contribution in [0.2, 0.25) is 0 Å². The number of hydrogen-bond donors (Lipinski definition) is 2. The zero-order valence-electron chi connectivity index (χ0n) is 10.1.